The molecular formula is C8H18N2S. The van der Waals surface area contributed by atoms with Crippen molar-refractivity contribution in [3.63, 3.8) is 0 Å². The number of thioether (sulfide) groups is 1. The van der Waals surface area contributed by atoms with Crippen molar-refractivity contribution in [3.8, 4) is 0 Å². The molecular weight excluding hydrogens is 156 g/mol. The van der Waals surface area contributed by atoms with Crippen LogP contribution in [0.4, 0.5) is 0 Å². The van der Waals surface area contributed by atoms with Crippen LogP contribution in [0.1, 0.15) is 19.3 Å². The smallest absolute Gasteiger partial charge is 0.0198 e. The second-order valence-electron chi connectivity index (χ2n) is 3.05. The second-order valence-corrected chi connectivity index (χ2v) is 4.13. The molecule has 3 heteroatoms. The van der Waals surface area contributed by atoms with E-state index in [1.807, 2.05) is 11.8 Å². The fourth-order valence-electron chi connectivity index (χ4n) is 1.71. The fourth-order valence-corrected chi connectivity index (χ4v) is 2.67. The number of hydrogen-bond acceptors (Lipinski definition) is 3. The van der Waals surface area contributed by atoms with Crippen molar-refractivity contribution in [2.75, 3.05) is 19.3 Å². The van der Waals surface area contributed by atoms with Crippen LogP contribution in [-0.4, -0.2) is 30.6 Å². The van der Waals surface area contributed by atoms with Gasteiger partial charge in [0.1, 0.15) is 0 Å². The highest BCUT2D eigenvalue weighted by molar-refractivity contribution is 7.99. The molecule has 0 aliphatic heterocycles. The molecule has 2 unspecified atom stereocenters. The van der Waals surface area contributed by atoms with Crippen LogP contribution in [0.25, 0.3) is 0 Å². The van der Waals surface area contributed by atoms with Crippen molar-refractivity contribution in [3.05, 3.63) is 0 Å². The Kier molecular flexibility index (Phi) is 4.26. The van der Waals surface area contributed by atoms with Gasteiger partial charge in [-0.1, -0.05) is 6.42 Å². The van der Waals surface area contributed by atoms with E-state index < -0.39 is 0 Å². The summed E-state index contributed by atoms with van der Waals surface area (Å²) < 4.78 is 0. The average molecular weight is 174 g/mol. The number of nitrogens with one attached hydrogen (secondary N) is 1. The molecule has 3 N–H and O–H groups in total. The summed E-state index contributed by atoms with van der Waals surface area (Å²) in [6.45, 7) is 1.74. The summed E-state index contributed by atoms with van der Waals surface area (Å²) >= 11 is 1.99. The first kappa shape index (κ1) is 9.36. The number of hydrogen-bond donors (Lipinski definition) is 2. The van der Waals surface area contributed by atoms with E-state index in [4.69, 9.17) is 5.73 Å². The summed E-state index contributed by atoms with van der Waals surface area (Å²) in [6, 6.07) is 0.730. The van der Waals surface area contributed by atoms with Crippen molar-refractivity contribution >= 4 is 11.8 Å². The minimum atomic E-state index is 0.730. The summed E-state index contributed by atoms with van der Waals surface area (Å²) in [7, 11) is 0. The van der Waals surface area contributed by atoms with Crippen molar-refractivity contribution < 1.29 is 0 Å². The molecule has 0 saturated heterocycles. The fraction of sp³-hybridized carbons (Fsp3) is 1.00. The highest BCUT2D eigenvalue weighted by Crippen LogP contribution is 2.27. The van der Waals surface area contributed by atoms with Gasteiger partial charge in [0, 0.05) is 24.4 Å². The SMILES string of the molecule is CSC1CCCC1NCCN. The third-order valence-corrected chi connectivity index (χ3v) is 3.48. The summed E-state index contributed by atoms with van der Waals surface area (Å²) in [5.41, 5.74) is 5.42. The molecule has 0 radical (unpaired) electrons. The van der Waals surface area contributed by atoms with Gasteiger partial charge in [-0.2, -0.15) is 11.8 Å². The summed E-state index contributed by atoms with van der Waals surface area (Å²) in [5.74, 6) is 0. The van der Waals surface area contributed by atoms with Crippen LogP contribution in [0, 0.1) is 0 Å². The average Bonchev–Trinajstić information content (AvgIpc) is 2.47. The minimum absolute atomic E-state index is 0.730. The third-order valence-electron chi connectivity index (χ3n) is 2.31. The van der Waals surface area contributed by atoms with Gasteiger partial charge in [-0.25, -0.2) is 0 Å². The molecule has 0 spiro atoms. The maximum absolute atomic E-state index is 5.42. The van der Waals surface area contributed by atoms with Gasteiger partial charge in [0.2, 0.25) is 0 Å². The molecule has 1 rings (SSSR count). The zero-order valence-electron chi connectivity index (χ0n) is 7.18. The lowest BCUT2D eigenvalue weighted by atomic mass is 10.2. The first-order valence-electron chi connectivity index (χ1n) is 4.34. The largest absolute Gasteiger partial charge is 0.329 e. The molecule has 11 heavy (non-hydrogen) atoms. The van der Waals surface area contributed by atoms with Gasteiger partial charge in [-0.3, -0.25) is 0 Å². The molecule has 1 aliphatic carbocycles. The monoisotopic (exact) mass is 174 g/mol. The summed E-state index contributed by atoms with van der Waals surface area (Å²) in [6.07, 6.45) is 6.30. The Balaban J connectivity index is 2.20. The Bertz CT molecular complexity index is 108. The van der Waals surface area contributed by atoms with Crippen LogP contribution in [-0.2, 0) is 0 Å². The van der Waals surface area contributed by atoms with Gasteiger partial charge in [-0.15, -0.1) is 0 Å². The van der Waals surface area contributed by atoms with E-state index >= 15 is 0 Å². The second kappa shape index (κ2) is 5.01. The molecule has 0 bridgehead atoms. The molecule has 2 atom stereocenters. The van der Waals surface area contributed by atoms with E-state index in [0.29, 0.717) is 0 Å². The van der Waals surface area contributed by atoms with Crippen LogP contribution in [0.5, 0.6) is 0 Å². The van der Waals surface area contributed by atoms with E-state index in [9.17, 15) is 0 Å². The predicted molar refractivity (Wildman–Crippen MR) is 52.0 cm³/mol. The number of rotatable bonds is 4. The van der Waals surface area contributed by atoms with E-state index in [1.54, 1.807) is 0 Å². The zero-order chi connectivity index (χ0) is 8.10. The van der Waals surface area contributed by atoms with Gasteiger partial charge >= 0.3 is 0 Å². The van der Waals surface area contributed by atoms with Crippen molar-refractivity contribution in [2.45, 2.75) is 30.6 Å². The van der Waals surface area contributed by atoms with Gasteiger partial charge in [0.25, 0.3) is 0 Å². The van der Waals surface area contributed by atoms with Crippen molar-refractivity contribution in [2.24, 2.45) is 5.73 Å². The van der Waals surface area contributed by atoms with Gasteiger partial charge in [0.15, 0.2) is 0 Å². The lowest BCUT2D eigenvalue weighted by Crippen LogP contribution is -2.37. The Morgan fingerprint density at radius 3 is 3.00 bits per heavy atom. The molecule has 66 valence electrons. The lowest BCUT2D eigenvalue weighted by Gasteiger charge is -2.18. The molecule has 1 saturated carbocycles. The maximum atomic E-state index is 5.42. The third kappa shape index (κ3) is 2.65. The summed E-state index contributed by atoms with van der Waals surface area (Å²) in [4.78, 5) is 0. The van der Waals surface area contributed by atoms with Crippen LogP contribution >= 0.6 is 11.8 Å². The molecule has 0 aromatic rings. The molecule has 1 aliphatic rings. The van der Waals surface area contributed by atoms with Gasteiger partial charge in [-0.05, 0) is 19.1 Å². The predicted octanol–water partition coefficient (Wildman–Crippen LogP) is 0.819. The zero-order valence-corrected chi connectivity index (χ0v) is 7.99. The highest BCUT2D eigenvalue weighted by atomic mass is 32.2. The standard InChI is InChI=1S/C8H18N2S/c1-11-8-4-2-3-7(8)10-6-5-9/h7-8,10H,2-6,9H2,1H3. The molecule has 0 aromatic heterocycles. The Morgan fingerprint density at radius 1 is 1.55 bits per heavy atom. The summed E-state index contributed by atoms with van der Waals surface area (Å²) in [5, 5.41) is 4.32. The van der Waals surface area contributed by atoms with Crippen LogP contribution < -0.4 is 11.1 Å². The quantitative estimate of drug-likeness (QED) is 0.662. The topological polar surface area (TPSA) is 38.0 Å². The van der Waals surface area contributed by atoms with E-state index in [0.717, 1.165) is 24.4 Å². The lowest BCUT2D eigenvalue weighted by molar-refractivity contribution is 0.540. The van der Waals surface area contributed by atoms with Crippen LogP contribution in [0.2, 0.25) is 0 Å². The van der Waals surface area contributed by atoms with Crippen LogP contribution in [0.3, 0.4) is 0 Å². The Labute approximate surface area is 73.3 Å². The highest BCUT2D eigenvalue weighted by Gasteiger charge is 2.25. The molecule has 0 aromatic carbocycles. The Morgan fingerprint density at radius 2 is 2.36 bits per heavy atom. The number of nitrogens with two attached hydrogens (primary N) is 1. The normalized spacial score (nSPS) is 31.1. The maximum Gasteiger partial charge on any atom is 0.0198 e. The van der Waals surface area contributed by atoms with Gasteiger partial charge in [0.05, 0.1) is 0 Å². The van der Waals surface area contributed by atoms with Gasteiger partial charge < -0.3 is 11.1 Å². The van der Waals surface area contributed by atoms with Crippen molar-refractivity contribution in [1.29, 1.82) is 0 Å². The molecule has 2 nitrogen and oxygen atoms in total. The van der Waals surface area contributed by atoms with E-state index in [1.165, 1.54) is 19.3 Å². The molecule has 1 fully saturated rings. The molecule has 0 heterocycles. The Hall–Kier alpha value is 0.270. The van der Waals surface area contributed by atoms with E-state index in [-0.39, 0.29) is 0 Å². The van der Waals surface area contributed by atoms with Crippen molar-refractivity contribution in [1.82, 2.24) is 5.32 Å². The molecule has 0 amide bonds. The van der Waals surface area contributed by atoms with Crippen LogP contribution in [0.15, 0.2) is 0 Å². The first-order chi connectivity index (χ1) is 5.38. The first-order valence-corrected chi connectivity index (χ1v) is 5.63. The minimum Gasteiger partial charge on any atom is -0.329 e. The van der Waals surface area contributed by atoms with E-state index in [2.05, 4.69) is 11.6 Å².